The topological polar surface area (TPSA) is 40.2 Å². The third-order valence-electron chi connectivity index (χ3n) is 9.68. The first kappa shape index (κ1) is 27.8. The number of hydrogen-bond donors (Lipinski definition) is 0. The van der Waals surface area contributed by atoms with E-state index in [2.05, 4.69) is 144 Å². The van der Waals surface area contributed by atoms with Gasteiger partial charge in [0.1, 0.15) is 11.2 Å². The molecule has 8 aromatic carbocycles. The summed E-state index contributed by atoms with van der Waals surface area (Å²) in [5.41, 5.74) is 10.2. The molecule has 0 fully saturated rings. The van der Waals surface area contributed by atoms with Crippen molar-refractivity contribution in [2.45, 2.75) is 9.79 Å². The highest BCUT2D eigenvalue weighted by atomic mass is 32.2. The van der Waals surface area contributed by atoms with Gasteiger partial charge in [-0.2, -0.15) is 5.26 Å². The molecule has 4 heteroatoms. The lowest BCUT2D eigenvalue weighted by Crippen LogP contribution is -2.09. The van der Waals surface area contributed by atoms with Crippen LogP contribution in [-0.2, 0) is 0 Å². The largest absolute Gasteiger partial charge is 0.456 e. The molecule has 0 spiro atoms. The summed E-state index contributed by atoms with van der Waals surface area (Å²) < 4.78 is 6.45. The summed E-state index contributed by atoms with van der Waals surface area (Å²) in [5, 5.41) is 16.7. The van der Waals surface area contributed by atoms with E-state index in [0.717, 1.165) is 44.6 Å². The van der Waals surface area contributed by atoms with Gasteiger partial charge in [-0.15, -0.1) is 0 Å². The van der Waals surface area contributed by atoms with Crippen molar-refractivity contribution in [3.63, 3.8) is 0 Å². The molecule has 3 nitrogen and oxygen atoms in total. The number of rotatable bonds is 4. The first-order valence-corrected chi connectivity index (χ1v) is 17.1. The van der Waals surface area contributed by atoms with Crippen LogP contribution in [0.1, 0.15) is 5.56 Å². The second-order valence-electron chi connectivity index (χ2n) is 12.5. The lowest BCUT2D eigenvalue weighted by Gasteiger charge is -2.26. The summed E-state index contributed by atoms with van der Waals surface area (Å²) in [6, 6.07) is 57.8. The molecule has 0 atom stereocenters. The molecule has 0 N–H and O–H groups in total. The number of furan rings is 1. The van der Waals surface area contributed by atoms with E-state index in [0.29, 0.717) is 5.56 Å². The molecule has 49 heavy (non-hydrogen) atoms. The molecule has 0 radical (unpaired) electrons. The Kier molecular flexibility index (Phi) is 6.17. The van der Waals surface area contributed by atoms with Crippen molar-refractivity contribution in [2.24, 2.45) is 0 Å². The standard InChI is InChI=1S/C45H26N2OS/c46-27-28-11-17-33(18-12-28)47(35-21-23-39-41(26-35)48-40-24-16-30-5-1-2-8-36(30)45(39)40)34-19-13-29(14-20-34)32-15-22-37-38-9-3-6-31-7-4-10-42(44(31)38)49-43(37)25-32/h1-26H. The number of fused-ring (bicyclic) bond motifs is 7. The summed E-state index contributed by atoms with van der Waals surface area (Å²) in [7, 11) is 0. The fourth-order valence-corrected chi connectivity index (χ4v) is 8.54. The van der Waals surface area contributed by atoms with E-state index in [-0.39, 0.29) is 0 Å². The van der Waals surface area contributed by atoms with Crippen LogP contribution in [0.15, 0.2) is 172 Å². The van der Waals surface area contributed by atoms with E-state index in [1.54, 1.807) is 0 Å². The van der Waals surface area contributed by atoms with E-state index in [9.17, 15) is 5.26 Å². The number of hydrogen-bond acceptors (Lipinski definition) is 4. The maximum Gasteiger partial charge on any atom is 0.137 e. The minimum Gasteiger partial charge on any atom is -0.456 e. The lowest BCUT2D eigenvalue weighted by atomic mass is 9.95. The Labute approximate surface area is 287 Å². The molecular formula is C45H26N2OS. The molecular weight excluding hydrogens is 617 g/mol. The Morgan fingerprint density at radius 1 is 0.490 bits per heavy atom. The van der Waals surface area contributed by atoms with Gasteiger partial charge in [0, 0.05) is 49.1 Å². The van der Waals surface area contributed by atoms with E-state index in [1.165, 1.54) is 48.0 Å². The summed E-state index contributed by atoms with van der Waals surface area (Å²) in [4.78, 5) is 4.80. The molecule has 0 amide bonds. The van der Waals surface area contributed by atoms with E-state index in [1.807, 2.05) is 36.0 Å². The molecule has 1 aliphatic rings. The molecule has 0 bridgehead atoms. The van der Waals surface area contributed by atoms with Crippen molar-refractivity contribution in [2.75, 3.05) is 4.90 Å². The monoisotopic (exact) mass is 642 g/mol. The van der Waals surface area contributed by atoms with Crippen LogP contribution in [0.4, 0.5) is 17.1 Å². The highest BCUT2D eigenvalue weighted by molar-refractivity contribution is 7.99. The summed E-state index contributed by atoms with van der Waals surface area (Å²) in [6.45, 7) is 0. The van der Waals surface area contributed by atoms with Crippen molar-refractivity contribution < 1.29 is 4.42 Å². The van der Waals surface area contributed by atoms with Gasteiger partial charge >= 0.3 is 0 Å². The number of nitrogens with zero attached hydrogens (tertiary/aromatic N) is 2. The van der Waals surface area contributed by atoms with Crippen LogP contribution in [0, 0.1) is 11.3 Å². The number of nitriles is 1. The highest BCUT2D eigenvalue weighted by Gasteiger charge is 2.20. The minimum absolute atomic E-state index is 0.628. The maximum atomic E-state index is 9.49. The third kappa shape index (κ3) is 4.44. The SMILES string of the molecule is N#Cc1ccc(N(c2ccc(-c3ccc4c(c3)Sc3cccc5cccc-4c35)cc2)c2ccc3c(c2)oc2ccc4ccccc4c23)cc1. The maximum absolute atomic E-state index is 9.49. The van der Waals surface area contributed by atoms with Crippen LogP contribution in [0.5, 0.6) is 0 Å². The van der Waals surface area contributed by atoms with Gasteiger partial charge < -0.3 is 9.32 Å². The molecule has 0 saturated heterocycles. The van der Waals surface area contributed by atoms with Gasteiger partial charge in [0.15, 0.2) is 0 Å². The highest BCUT2D eigenvalue weighted by Crippen LogP contribution is 2.49. The van der Waals surface area contributed by atoms with Crippen LogP contribution < -0.4 is 4.90 Å². The Hall–Kier alpha value is -6.28. The van der Waals surface area contributed by atoms with Crippen molar-refractivity contribution in [3.05, 3.63) is 163 Å². The van der Waals surface area contributed by atoms with Crippen molar-refractivity contribution in [1.82, 2.24) is 0 Å². The van der Waals surface area contributed by atoms with Crippen molar-refractivity contribution in [3.8, 4) is 28.3 Å². The second kappa shape index (κ2) is 10.9. The van der Waals surface area contributed by atoms with Gasteiger partial charge in [0.05, 0.1) is 11.6 Å². The predicted molar refractivity (Wildman–Crippen MR) is 203 cm³/mol. The number of anilines is 3. The van der Waals surface area contributed by atoms with Crippen LogP contribution in [0.2, 0.25) is 0 Å². The third-order valence-corrected chi connectivity index (χ3v) is 10.8. The fraction of sp³-hybridized carbons (Fsp3) is 0. The molecule has 9 aromatic rings. The van der Waals surface area contributed by atoms with Gasteiger partial charge in [0.25, 0.3) is 0 Å². The minimum atomic E-state index is 0.628. The normalized spacial score (nSPS) is 12.0. The first-order valence-electron chi connectivity index (χ1n) is 16.3. The second-order valence-corrected chi connectivity index (χ2v) is 13.5. The average molecular weight is 643 g/mol. The van der Waals surface area contributed by atoms with Crippen LogP contribution >= 0.6 is 11.8 Å². The molecule has 1 aromatic heterocycles. The van der Waals surface area contributed by atoms with Crippen molar-refractivity contribution in [1.29, 1.82) is 5.26 Å². The zero-order chi connectivity index (χ0) is 32.5. The van der Waals surface area contributed by atoms with Gasteiger partial charge in [-0.25, -0.2) is 0 Å². The molecule has 228 valence electrons. The summed E-state index contributed by atoms with van der Waals surface area (Å²) in [6.07, 6.45) is 0. The predicted octanol–water partition coefficient (Wildman–Crippen LogP) is 13.0. The summed E-state index contributed by atoms with van der Waals surface area (Å²) >= 11 is 1.85. The Balaban J connectivity index is 1.06. The average Bonchev–Trinajstić information content (AvgIpc) is 3.54. The Morgan fingerprint density at radius 2 is 1.22 bits per heavy atom. The quantitative estimate of drug-likeness (QED) is 0.191. The van der Waals surface area contributed by atoms with Crippen LogP contribution in [-0.4, -0.2) is 0 Å². The van der Waals surface area contributed by atoms with Gasteiger partial charge in [0.2, 0.25) is 0 Å². The summed E-state index contributed by atoms with van der Waals surface area (Å²) in [5.74, 6) is 0. The zero-order valence-corrected chi connectivity index (χ0v) is 27.0. The molecule has 10 rings (SSSR count). The van der Waals surface area contributed by atoms with Gasteiger partial charge in [-0.05, 0) is 105 Å². The van der Waals surface area contributed by atoms with Crippen LogP contribution in [0.25, 0.3) is 65.7 Å². The van der Waals surface area contributed by atoms with E-state index in [4.69, 9.17) is 4.42 Å². The zero-order valence-electron chi connectivity index (χ0n) is 26.2. The fourth-order valence-electron chi connectivity index (χ4n) is 7.35. The number of benzene rings is 8. The van der Waals surface area contributed by atoms with Gasteiger partial charge in [-0.1, -0.05) is 96.7 Å². The molecule has 1 aliphatic heterocycles. The smallest absolute Gasteiger partial charge is 0.137 e. The van der Waals surface area contributed by atoms with E-state index < -0.39 is 0 Å². The lowest BCUT2D eigenvalue weighted by molar-refractivity contribution is 0.669. The first-order chi connectivity index (χ1) is 24.2. The Morgan fingerprint density at radius 3 is 2.06 bits per heavy atom. The van der Waals surface area contributed by atoms with E-state index >= 15 is 0 Å². The molecule has 0 saturated carbocycles. The molecule has 2 heterocycles. The van der Waals surface area contributed by atoms with Gasteiger partial charge in [-0.3, -0.25) is 0 Å². The Bertz CT molecular complexity index is 2800. The van der Waals surface area contributed by atoms with Crippen LogP contribution in [0.3, 0.4) is 0 Å². The molecule has 0 unspecified atom stereocenters. The van der Waals surface area contributed by atoms with Crippen molar-refractivity contribution >= 4 is 72.3 Å². The molecule has 0 aliphatic carbocycles.